The predicted molar refractivity (Wildman–Crippen MR) is 42.3 cm³/mol. The van der Waals surface area contributed by atoms with Gasteiger partial charge in [0.15, 0.2) is 0 Å². The van der Waals surface area contributed by atoms with Gasteiger partial charge in [0.2, 0.25) is 0 Å². The summed E-state index contributed by atoms with van der Waals surface area (Å²) in [5.74, 6) is 0.503. The maximum atomic E-state index is 11.2. The van der Waals surface area contributed by atoms with Crippen molar-refractivity contribution in [2.75, 3.05) is 6.61 Å². The third kappa shape index (κ3) is 0.921. The average molecular weight is 167 g/mol. The minimum absolute atomic E-state index is 0.182. The molecule has 4 nitrogen and oxygen atoms in total. The van der Waals surface area contributed by atoms with Crippen LogP contribution < -0.4 is 10.3 Å². The highest BCUT2D eigenvalue weighted by Crippen LogP contribution is 2.28. The first-order valence-corrected chi connectivity index (χ1v) is 3.73. The van der Waals surface area contributed by atoms with Gasteiger partial charge in [0.05, 0.1) is 5.56 Å². The number of aliphatic hydroxyl groups excluding tert-OH is 1. The van der Waals surface area contributed by atoms with E-state index in [-0.39, 0.29) is 12.2 Å². The fourth-order valence-corrected chi connectivity index (χ4v) is 1.36. The molecule has 0 spiro atoms. The number of hydrogen-bond donors (Lipinski definition) is 2. The second-order valence-electron chi connectivity index (χ2n) is 2.89. The summed E-state index contributed by atoms with van der Waals surface area (Å²) in [6.07, 6.45) is -0.774. The lowest BCUT2D eigenvalue weighted by molar-refractivity contribution is 0.140. The molecule has 0 bridgehead atoms. The lowest BCUT2D eigenvalue weighted by Crippen LogP contribution is -2.14. The quantitative estimate of drug-likeness (QED) is 0.576. The van der Waals surface area contributed by atoms with Gasteiger partial charge in [-0.1, -0.05) is 0 Å². The van der Waals surface area contributed by atoms with Crippen LogP contribution in [0.1, 0.15) is 17.4 Å². The monoisotopic (exact) mass is 167 g/mol. The lowest BCUT2D eigenvalue weighted by Gasteiger charge is -1.99. The number of ether oxygens (including phenoxy) is 1. The number of H-pyrrole nitrogens is 1. The third-order valence-electron chi connectivity index (χ3n) is 1.90. The van der Waals surface area contributed by atoms with Crippen LogP contribution in [-0.4, -0.2) is 16.7 Å². The summed E-state index contributed by atoms with van der Waals surface area (Å²) < 4.78 is 5.10. The first-order chi connectivity index (χ1) is 5.68. The predicted octanol–water partition coefficient (Wildman–Crippen LogP) is 0.109. The number of aliphatic hydroxyl groups is 1. The van der Waals surface area contributed by atoms with Gasteiger partial charge in [-0.15, -0.1) is 0 Å². The number of aromatic amines is 1. The number of nitrogens with one attached hydrogen (secondary N) is 1. The van der Waals surface area contributed by atoms with Gasteiger partial charge in [0, 0.05) is 5.69 Å². The van der Waals surface area contributed by atoms with E-state index in [1.165, 1.54) is 0 Å². The topological polar surface area (TPSA) is 62.3 Å². The molecule has 2 heterocycles. The van der Waals surface area contributed by atoms with E-state index in [9.17, 15) is 9.90 Å². The molecule has 2 rings (SSSR count). The van der Waals surface area contributed by atoms with Crippen molar-refractivity contribution in [1.82, 2.24) is 4.98 Å². The molecule has 1 aromatic rings. The van der Waals surface area contributed by atoms with Gasteiger partial charge in [0.1, 0.15) is 18.5 Å². The van der Waals surface area contributed by atoms with E-state index < -0.39 is 6.10 Å². The van der Waals surface area contributed by atoms with Gasteiger partial charge >= 0.3 is 0 Å². The van der Waals surface area contributed by atoms with Gasteiger partial charge in [-0.25, -0.2) is 0 Å². The Hall–Kier alpha value is -1.29. The molecule has 1 atom stereocenters. The smallest absolute Gasteiger partial charge is 0.257 e. The second-order valence-corrected chi connectivity index (χ2v) is 2.89. The zero-order valence-corrected chi connectivity index (χ0v) is 6.63. The molecule has 12 heavy (non-hydrogen) atoms. The summed E-state index contributed by atoms with van der Waals surface area (Å²) in [5.41, 5.74) is 0.837. The van der Waals surface area contributed by atoms with E-state index in [2.05, 4.69) is 4.98 Å². The molecule has 4 heteroatoms. The van der Waals surface area contributed by atoms with E-state index in [1.54, 1.807) is 13.0 Å². The van der Waals surface area contributed by atoms with Gasteiger partial charge in [-0.2, -0.15) is 0 Å². The molecule has 0 amide bonds. The standard InChI is InChI=1S/C8H9NO3/c1-4-2-6-7(8(11)9-4)5(10)3-12-6/h2,5,10H,3H2,1H3,(H,9,11). The Labute approximate surface area is 68.8 Å². The molecule has 0 radical (unpaired) electrons. The van der Waals surface area contributed by atoms with Crippen LogP contribution in [0.15, 0.2) is 10.9 Å². The van der Waals surface area contributed by atoms with Crippen LogP contribution in [0.25, 0.3) is 0 Å². The van der Waals surface area contributed by atoms with Crippen LogP contribution in [0.3, 0.4) is 0 Å². The largest absolute Gasteiger partial charge is 0.490 e. The van der Waals surface area contributed by atoms with Crippen molar-refractivity contribution in [3.8, 4) is 5.75 Å². The molecule has 2 N–H and O–H groups in total. The normalized spacial score (nSPS) is 20.3. The van der Waals surface area contributed by atoms with Crippen molar-refractivity contribution in [2.24, 2.45) is 0 Å². The minimum Gasteiger partial charge on any atom is -0.490 e. The number of rotatable bonds is 0. The third-order valence-corrected chi connectivity index (χ3v) is 1.90. The van der Waals surface area contributed by atoms with Gasteiger partial charge in [-0.05, 0) is 13.0 Å². The Kier molecular flexibility index (Phi) is 1.44. The van der Waals surface area contributed by atoms with Crippen molar-refractivity contribution in [2.45, 2.75) is 13.0 Å². The Morgan fingerprint density at radius 1 is 1.75 bits per heavy atom. The zero-order chi connectivity index (χ0) is 8.72. The molecule has 1 aliphatic heterocycles. The van der Waals surface area contributed by atoms with Crippen LogP contribution in [0, 0.1) is 6.92 Å². The fourth-order valence-electron chi connectivity index (χ4n) is 1.36. The Bertz CT molecular complexity index is 369. The summed E-state index contributed by atoms with van der Waals surface area (Å²) in [6.45, 7) is 1.96. The van der Waals surface area contributed by atoms with Crippen molar-refractivity contribution >= 4 is 0 Å². The first-order valence-electron chi connectivity index (χ1n) is 3.73. The summed E-state index contributed by atoms with van der Waals surface area (Å²) in [6, 6.07) is 1.72. The Morgan fingerprint density at radius 2 is 2.50 bits per heavy atom. The van der Waals surface area contributed by atoms with Crippen molar-refractivity contribution in [3.63, 3.8) is 0 Å². The Balaban J connectivity index is 2.69. The van der Waals surface area contributed by atoms with Crippen LogP contribution >= 0.6 is 0 Å². The number of pyridine rings is 1. The molecule has 0 fully saturated rings. The highest BCUT2D eigenvalue weighted by atomic mass is 16.5. The van der Waals surface area contributed by atoms with E-state index >= 15 is 0 Å². The second kappa shape index (κ2) is 2.35. The molecular weight excluding hydrogens is 158 g/mol. The molecule has 0 aliphatic carbocycles. The molecule has 0 saturated heterocycles. The maximum absolute atomic E-state index is 11.2. The van der Waals surface area contributed by atoms with Crippen molar-refractivity contribution in [1.29, 1.82) is 0 Å². The average Bonchev–Trinajstić information content (AvgIpc) is 2.31. The summed E-state index contributed by atoms with van der Waals surface area (Å²) in [4.78, 5) is 13.9. The first kappa shape index (κ1) is 7.36. The number of hydrogen-bond acceptors (Lipinski definition) is 3. The molecular formula is C8H9NO3. The SMILES string of the molecule is Cc1cc2c(c(=O)[nH]1)C(O)CO2. The van der Waals surface area contributed by atoms with Crippen LogP contribution in [-0.2, 0) is 0 Å². The van der Waals surface area contributed by atoms with Crippen molar-refractivity contribution in [3.05, 3.63) is 27.7 Å². The van der Waals surface area contributed by atoms with Crippen molar-refractivity contribution < 1.29 is 9.84 Å². The van der Waals surface area contributed by atoms with E-state index in [4.69, 9.17) is 4.74 Å². The van der Waals surface area contributed by atoms with Gasteiger partial charge < -0.3 is 14.8 Å². The zero-order valence-electron chi connectivity index (χ0n) is 6.63. The van der Waals surface area contributed by atoms with Crippen LogP contribution in [0.2, 0.25) is 0 Å². The molecule has 0 saturated carbocycles. The molecule has 1 unspecified atom stereocenters. The summed E-state index contributed by atoms with van der Waals surface area (Å²) in [5, 5.41) is 9.31. The number of aromatic nitrogens is 1. The van der Waals surface area contributed by atoms with Crippen LogP contribution in [0.5, 0.6) is 5.75 Å². The minimum atomic E-state index is -0.774. The van der Waals surface area contributed by atoms with E-state index in [0.717, 1.165) is 5.69 Å². The fraction of sp³-hybridized carbons (Fsp3) is 0.375. The van der Waals surface area contributed by atoms with Crippen LogP contribution in [0.4, 0.5) is 0 Å². The molecule has 1 aliphatic rings. The summed E-state index contributed by atoms with van der Waals surface area (Å²) in [7, 11) is 0. The van der Waals surface area contributed by atoms with E-state index in [1.807, 2.05) is 0 Å². The number of aryl methyl sites for hydroxylation is 1. The highest BCUT2D eigenvalue weighted by Gasteiger charge is 2.25. The number of fused-ring (bicyclic) bond motifs is 1. The Morgan fingerprint density at radius 3 is 3.25 bits per heavy atom. The van der Waals surface area contributed by atoms with Gasteiger partial charge in [-0.3, -0.25) is 4.79 Å². The highest BCUT2D eigenvalue weighted by molar-refractivity contribution is 5.37. The maximum Gasteiger partial charge on any atom is 0.257 e. The lowest BCUT2D eigenvalue weighted by atomic mass is 10.2. The van der Waals surface area contributed by atoms with E-state index in [0.29, 0.717) is 11.3 Å². The molecule has 1 aromatic heterocycles. The summed E-state index contributed by atoms with van der Waals surface area (Å²) >= 11 is 0. The molecule has 0 aromatic carbocycles. The van der Waals surface area contributed by atoms with Gasteiger partial charge in [0.25, 0.3) is 5.56 Å². The molecule has 64 valence electrons.